The summed E-state index contributed by atoms with van der Waals surface area (Å²) in [7, 11) is -3.39. The van der Waals surface area contributed by atoms with Crippen LogP contribution in [0.15, 0.2) is 18.2 Å². The van der Waals surface area contributed by atoms with Gasteiger partial charge in [0.15, 0.2) is 9.84 Å². The van der Waals surface area contributed by atoms with Crippen LogP contribution in [0, 0.1) is 5.82 Å². The Morgan fingerprint density at radius 1 is 1.29 bits per heavy atom. The van der Waals surface area contributed by atoms with Crippen molar-refractivity contribution in [3.05, 3.63) is 24.0 Å². The fourth-order valence-corrected chi connectivity index (χ4v) is 4.24. The Hall–Kier alpha value is -2.47. The van der Waals surface area contributed by atoms with Gasteiger partial charge in [-0.25, -0.2) is 17.6 Å². The first-order chi connectivity index (χ1) is 14.5. The fraction of sp³-hybridized carbons (Fsp3) is 0.526. The van der Waals surface area contributed by atoms with Crippen molar-refractivity contribution in [2.24, 2.45) is 0 Å². The second kappa shape index (κ2) is 9.35. The maximum absolute atomic E-state index is 14.8. The number of cyclic esters (lactones) is 1. The summed E-state index contributed by atoms with van der Waals surface area (Å²) in [6.45, 7) is 3.78. The molecule has 0 spiro atoms. The van der Waals surface area contributed by atoms with Gasteiger partial charge in [-0.15, -0.1) is 0 Å². The number of piperazine rings is 1. The molecule has 3 rings (SSSR count). The van der Waals surface area contributed by atoms with E-state index >= 15 is 0 Å². The number of nitrogens with zero attached hydrogens (tertiary/aromatic N) is 3. The van der Waals surface area contributed by atoms with E-state index < -0.39 is 33.4 Å². The Morgan fingerprint density at radius 2 is 1.97 bits per heavy atom. The lowest BCUT2D eigenvalue weighted by atomic mass is 10.2. The molecule has 2 heterocycles. The smallest absolute Gasteiger partial charge is 0.414 e. The molecule has 0 saturated carbocycles. The van der Waals surface area contributed by atoms with Crippen LogP contribution in [0.3, 0.4) is 0 Å². The van der Waals surface area contributed by atoms with Crippen LogP contribution < -0.4 is 15.1 Å². The number of hydrogen-bond acceptors (Lipinski definition) is 7. The van der Waals surface area contributed by atoms with Crippen molar-refractivity contribution >= 4 is 50.4 Å². The highest BCUT2D eigenvalue weighted by molar-refractivity contribution is 7.91. The third-order valence-electron chi connectivity index (χ3n) is 5.05. The van der Waals surface area contributed by atoms with Crippen molar-refractivity contribution in [2.45, 2.75) is 13.0 Å². The summed E-state index contributed by atoms with van der Waals surface area (Å²) < 4.78 is 42.7. The number of carbonyl (C=O) groups excluding carboxylic acids is 2. The van der Waals surface area contributed by atoms with E-state index in [9.17, 15) is 22.4 Å². The van der Waals surface area contributed by atoms with E-state index in [1.807, 2.05) is 0 Å². The Labute approximate surface area is 186 Å². The lowest BCUT2D eigenvalue weighted by Gasteiger charge is -2.36. The van der Waals surface area contributed by atoms with E-state index in [2.05, 4.69) is 5.32 Å². The molecule has 2 aliphatic rings. The zero-order valence-corrected chi connectivity index (χ0v) is 19.0. The Balaban J connectivity index is 1.61. The van der Waals surface area contributed by atoms with Gasteiger partial charge in [0.25, 0.3) is 0 Å². The Morgan fingerprint density at radius 3 is 2.55 bits per heavy atom. The quantitative estimate of drug-likeness (QED) is 0.607. The number of carbonyl (C=O) groups is 2. The minimum Gasteiger partial charge on any atom is -0.442 e. The normalized spacial score (nSPS) is 19.4. The third-order valence-corrected chi connectivity index (χ3v) is 5.97. The summed E-state index contributed by atoms with van der Waals surface area (Å²) in [6, 6.07) is 4.54. The molecule has 170 valence electrons. The number of sulfone groups is 1. The van der Waals surface area contributed by atoms with Gasteiger partial charge in [0, 0.05) is 32.4 Å². The molecule has 12 heteroatoms. The molecular weight excluding hydrogens is 447 g/mol. The molecule has 0 aromatic heterocycles. The molecule has 31 heavy (non-hydrogen) atoms. The minimum atomic E-state index is -3.39. The van der Waals surface area contributed by atoms with Crippen molar-refractivity contribution in [2.75, 3.05) is 61.1 Å². The largest absolute Gasteiger partial charge is 0.442 e. The second-order valence-electron chi connectivity index (χ2n) is 7.63. The number of anilines is 2. The molecule has 2 saturated heterocycles. The molecule has 0 unspecified atom stereocenters. The fourth-order valence-electron chi connectivity index (χ4n) is 3.53. The molecule has 0 radical (unpaired) electrons. The van der Waals surface area contributed by atoms with E-state index in [4.69, 9.17) is 17.0 Å². The lowest BCUT2D eigenvalue weighted by Crippen LogP contribution is -2.50. The highest BCUT2D eigenvalue weighted by Crippen LogP contribution is 2.28. The van der Waals surface area contributed by atoms with E-state index in [-0.39, 0.29) is 12.6 Å². The first-order valence-electron chi connectivity index (χ1n) is 9.76. The number of nitrogens with one attached hydrogen (secondary N) is 1. The van der Waals surface area contributed by atoms with Crippen LogP contribution in [-0.2, 0) is 19.4 Å². The van der Waals surface area contributed by atoms with Crippen LogP contribution in [0.5, 0.6) is 0 Å². The van der Waals surface area contributed by atoms with Gasteiger partial charge < -0.3 is 19.9 Å². The monoisotopic (exact) mass is 472 g/mol. The van der Waals surface area contributed by atoms with Gasteiger partial charge in [-0.05, 0) is 25.1 Å². The number of ether oxygens (including phenoxy) is 1. The summed E-state index contributed by atoms with van der Waals surface area (Å²) in [6.07, 6.45) is 0.0932. The highest BCUT2D eigenvalue weighted by Gasteiger charge is 2.33. The second-order valence-corrected chi connectivity index (χ2v) is 10.4. The molecule has 2 amide bonds. The summed E-state index contributed by atoms with van der Waals surface area (Å²) in [5.41, 5.74) is 0.760. The number of amides is 2. The van der Waals surface area contributed by atoms with Gasteiger partial charge in [-0.1, -0.05) is 12.2 Å². The first-order valence-corrected chi connectivity index (χ1v) is 12.2. The molecule has 1 aromatic rings. The molecule has 0 aliphatic carbocycles. The van der Waals surface area contributed by atoms with Crippen molar-refractivity contribution in [1.82, 2.24) is 10.2 Å². The average Bonchev–Trinajstić information content (AvgIpc) is 3.06. The molecule has 1 N–H and O–H groups in total. The van der Waals surface area contributed by atoms with Crippen molar-refractivity contribution < 1.29 is 27.1 Å². The zero-order valence-electron chi connectivity index (χ0n) is 17.3. The molecule has 9 nitrogen and oxygen atoms in total. The lowest BCUT2D eigenvalue weighted by molar-refractivity contribution is -0.128. The van der Waals surface area contributed by atoms with Gasteiger partial charge in [0.1, 0.15) is 17.7 Å². The third kappa shape index (κ3) is 6.03. The number of rotatable bonds is 6. The summed E-state index contributed by atoms with van der Waals surface area (Å²) in [5, 5.41) is 2.95. The van der Waals surface area contributed by atoms with E-state index in [1.165, 1.54) is 15.9 Å². The maximum atomic E-state index is 14.8. The van der Waals surface area contributed by atoms with Crippen molar-refractivity contribution in [3.8, 4) is 0 Å². The van der Waals surface area contributed by atoms with Gasteiger partial charge in [-0.2, -0.15) is 0 Å². The van der Waals surface area contributed by atoms with Crippen LogP contribution >= 0.6 is 12.2 Å². The first kappa shape index (κ1) is 23.2. The SMILES string of the molecule is CC(=S)NC[C@H]1CN(c2ccc(N3CCN(C(=O)CS(C)(=O)=O)CC3)c(F)c2)C(=O)O1. The topological polar surface area (TPSA) is 99.3 Å². The van der Waals surface area contributed by atoms with E-state index in [0.29, 0.717) is 49.1 Å². The number of thiocarbonyl (C=S) groups is 1. The van der Waals surface area contributed by atoms with Gasteiger partial charge in [-0.3, -0.25) is 9.69 Å². The zero-order chi connectivity index (χ0) is 22.8. The molecule has 1 aromatic carbocycles. The summed E-state index contributed by atoms with van der Waals surface area (Å²) >= 11 is 4.95. The van der Waals surface area contributed by atoms with Crippen LogP contribution in [0.2, 0.25) is 0 Å². The summed E-state index contributed by atoms with van der Waals surface area (Å²) in [5.74, 6) is -1.46. The van der Waals surface area contributed by atoms with Gasteiger partial charge in [0.05, 0.1) is 29.5 Å². The highest BCUT2D eigenvalue weighted by atomic mass is 32.2. The molecule has 0 bridgehead atoms. The standard InChI is InChI=1S/C19H25FN4O5S2/c1-13(30)21-10-15-11-24(19(26)29-15)14-3-4-17(16(20)9-14)22-5-7-23(8-6-22)18(25)12-31(2,27)28/h3-4,9,15H,5-8,10-12H2,1-2H3,(H,21,30)/t15-/m0/s1. The van der Waals surface area contributed by atoms with Crippen LogP contribution in [0.4, 0.5) is 20.6 Å². The molecular formula is C19H25FN4O5S2. The van der Waals surface area contributed by atoms with Crippen molar-refractivity contribution in [3.63, 3.8) is 0 Å². The number of hydrogen-bond donors (Lipinski definition) is 1. The van der Waals surface area contributed by atoms with E-state index in [1.54, 1.807) is 24.0 Å². The average molecular weight is 473 g/mol. The Kier molecular flexibility index (Phi) is 6.99. The van der Waals surface area contributed by atoms with Crippen LogP contribution in [0.25, 0.3) is 0 Å². The van der Waals surface area contributed by atoms with E-state index in [0.717, 1.165) is 6.26 Å². The van der Waals surface area contributed by atoms with Crippen molar-refractivity contribution in [1.29, 1.82) is 0 Å². The Bertz CT molecular complexity index is 980. The van der Waals surface area contributed by atoms with Crippen LogP contribution in [-0.4, -0.2) is 87.7 Å². The molecule has 2 fully saturated rings. The number of halogens is 1. The predicted octanol–water partition coefficient (Wildman–Crippen LogP) is 0.781. The van der Waals surface area contributed by atoms with Gasteiger partial charge in [0.2, 0.25) is 5.91 Å². The number of benzene rings is 1. The van der Waals surface area contributed by atoms with Gasteiger partial charge >= 0.3 is 6.09 Å². The summed E-state index contributed by atoms with van der Waals surface area (Å²) in [4.78, 5) is 29.4. The molecule has 1 atom stereocenters. The molecule has 2 aliphatic heterocycles. The predicted molar refractivity (Wildman–Crippen MR) is 119 cm³/mol. The minimum absolute atomic E-state index is 0.286. The maximum Gasteiger partial charge on any atom is 0.414 e. The van der Waals surface area contributed by atoms with Crippen LogP contribution in [0.1, 0.15) is 6.92 Å².